The minimum Gasteiger partial charge on any atom is -0.305 e. The minimum atomic E-state index is -0.389. The second-order valence-electron chi connectivity index (χ2n) is 7.62. The van der Waals surface area contributed by atoms with Crippen LogP contribution in [0.15, 0.2) is 53.0 Å². The van der Waals surface area contributed by atoms with Crippen molar-refractivity contribution >= 4 is 27.4 Å². The monoisotopic (exact) mass is 430 g/mol. The van der Waals surface area contributed by atoms with Gasteiger partial charge in [0.15, 0.2) is 0 Å². The van der Waals surface area contributed by atoms with Crippen LogP contribution in [-0.4, -0.2) is 16.7 Å². The summed E-state index contributed by atoms with van der Waals surface area (Å²) in [6.07, 6.45) is 2.13. The highest BCUT2D eigenvalue weighted by atomic mass is 79.9. The standard InChI is InChI=1S/C21H23BrN2O3/c1-21(2,15-5-10-18(11-6-15)24(26)27)23-17-9-12-20(25)19(13-17)14-3-7-16(22)8-4-14/h3-8,10-11,17,19,23H,9,12-13H2,1-2H3/t17-,19?/m1/s1. The predicted octanol–water partition coefficient (Wildman–Crippen LogP) is 5.09. The number of benzene rings is 2. The number of hydrogen-bond acceptors (Lipinski definition) is 4. The number of carbonyl (C=O) groups is 1. The summed E-state index contributed by atoms with van der Waals surface area (Å²) in [6.45, 7) is 4.14. The van der Waals surface area contributed by atoms with Crippen molar-refractivity contribution in [2.75, 3.05) is 0 Å². The zero-order valence-corrected chi connectivity index (χ0v) is 17.0. The lowest BCUT2D eigenvalue weighted by Crippen LogP contribution is -2.46. The maximum absolute atomic E-state index is 12.5. The van der Waals surface area contributed by atoms with Crippen molar-refractivity contribution in [2.24, 2.45) is 0 Å². The van der Waals surface area contributed by atoms with E-state index in [0.29, 0.717) is 12.2 Å². The Hall–Kier alpha value is -2.05. The lowest BCUT2D eigenvalue weighted by molar-refractivity contribution is -0.384. The van der Waals surface area contributed by atoms with E-state index in [0.717, 1.165) is 28.4 Å². The summed E-state index contributed by atoms with van der Waals surface area (Å²) in [5.41, 5.74) is 1.80. The normalized spacial score (nSPS) is 20.5. The molecule has 1 N–H and O–H groups in total. The Labute approximate surface area is 167 Å². The largest absolute Gasteiger partial charge is 0.305 e. The van der Waals surface area contributed by atoms with E-state index in [4.69, 9.17) is 0 Å². The fourth-order valence-corrected chi connectivity index (χ4v) is 4.03. The molecular formula is C21H23BrN2O3. The molecule has 2 aromatic carbocycles. The van der Waals surface area contributed by atoms with Crippen LogP contribution >= 0.6 is 15.9 Å². The van der Waals surface area contributed by atoms with Gasteiger partial charge in [-0.3, -0.25) is 14.9 Å². The van der Waals surface area contributed by atoms with E-state index < -0.39 is 0 Å². The first kappa shape index (κ1) is 19.7. The molecule has 2 atom stereocenters. The molecule has 1 saturated carbocycles. The number of nitro benzene ring substituents is 1. The summed E-state index contributed by atoms with van der Waals surface area (Å²) >= 11 is 3.44. The number of nitrogens with one attached hydrogen (secondary N) is 1. The van der Waals surface area contributed by atoms with E-state index in [1.165, 1.54) is 12.1 Å². The average molecular weight is 431 g/mol. The Morgan fingerprint density at radius 1 is 1.11 bits per heavy atom. The summed E-state index contributed by atoms with van der Waals surface area (Å²) in [4.78, 5) is 22.9. The molecule has 0 radical (unpaired) electrons. The van der Waals surface area contributed by atoms with Gasteiger partial charge in [0.1, 0.15) is 5.78 Å². The van der Waals surface area contributed by atoms with Crippen LogP contribution in [0.4, 0.5) is 5.69 Å². The number of Topliss-reactive ketones (excluding diaryl/α,β-unsaturated/α-hetero) is 1. The third-order valence-corrected chi connectivity index (χ3v) is 5.81. The molecular weight excluding hydrogens is 408 g/mol. The Kier molecular flexibility index (Phi) is 5.77. The maximum Gasteiger partial charge on any atom is 0.269 e. The molecule has 142 valence electrons. The lowest BCUT2D eigenvalue weighted by atomic mass is 9.79. The molecule has 0 amide bonds. The van der Waals surface area contributed by atoms with Gasteiger partial charge in [-0.15, -0.1) is 0 Å². The topological polar surface area (TPSA) is 72.2 Å². The predicted molar refractivity (Wildman–Crippen MR) is 109 cm³/mol. The lowest BCUT2D eigenvalue weighted by Gasteiger charge is -2.36. The van der Waals surface area contributed by atoms with E-state index in [1.807, 2.05) is 24.3 Å². The average Bonchev–Trinajstić information content (AvgIpc) is 2.64. The zero-order chi connectivity index (χ0) is 19.6. The SMILES string of the molecule is CC(C)(N[C@@H]1CCC(=O)C(c2ccc(Br)cc2)C1)c1ccc([N+](=O)[O-])cc1. The van der Waals surface area contributed by atoms with E-state index in [-0.39, 0.29) is 28.1 Å². The van der Waals surface area contributed by atoms with Gasteiger partial charge in [-0.05, 0) is 49.9 Å². The number of ketones is 1. The Morgan fingerprint density at radius 2 is 1.74 bits per heavy atom. The van der Waals surface area contributed by atoms with Gasteiger partial charge in [0.25, 0.3) is 5.69 Å². The van der Waals surface area contributed by atoms with E-state index in [9.17, 15) is 14.9 Å². The van der Waals surface area contributed by atoms with Crippen molar-refractivity contribution in [3.05, 3.63) is 74.2 Å². The molecule has 6 heteroatoms. The van der Waals surface area contributed by atoms with Crippen LogP contribution in [-0.2, 0) is 10.3 Å². The molecule has 1 unspecified atom stereocenters. The summed E-state index contributed by atoms with van der Waals surface area (Å²) in [6, 6.07) is 14.8. The molecule has 1 aliphatic rings. The van der Waals surface area contributed by atoms with Crippen LogP contribution in [0.2, 0.25) is 0 Å². The van der Waals surface area contributed by atoms with E-state index in [1.54, 1.807) is 12.1 Å². The number of rotatable bonds is 5. The van der Waals surface area contributed by atoms with Gasteiger partial charge in [-0.25, -0.2) is 0 Å². The smallest absolute Gasteiger partial charge is 0.269 e. The zero-order valence-electron chi connectivity index (χ0n) is 15.4. The third-order valence-electron chi connectivity index (χ3n) is 5.29. The third kappa shape index (κ3) is 4.62. The fraction of sp³-hybridized carbons (Fsp3) is 0.381. The van der Waals surface area contributed by atoms with Crippen molar-refractivity contribution in [1.29, 1.82) is 0 Å². The van der Waals surface area contributed by atoms with Gasteiger partial charge < -0.3 is 5.32 Å². The van der Waals surface area contributed by atoms with Crippen LogP contribution in [0.3, 0.4) is 0 Å². The summed E-state index contributed by atoms with van der Waals surface area (Å²) in [7, 11) is 0. The summed E-state index contributed by atoms with van der Waals surface area (Å²) in [5.74, 6) is 0.209. The van der Waals surface area contributed by atoms with Crippen LogP contribution in [0, 0.1) is 10.1 Å². The molecule has 0 aliphatic heterocycles. The van der Waals surface area contributed by atoms with Crippen molar-refractivity contribution in [2.45, 2.75) is 50.6 Å². The Morgan fingerprint density at radius 3 is 2.33 bits per heavy atom. The van der Waals surface area contributed by atoms with Crippen molar-refractivity contribution in [3.63, 3.8) is 0 Å². The van der Waals surface area contributed by atoms with Gasteiger partial charge >= 0.3 is 0 Å². The van der Waals surface area contributed by atoms with Crippen molar-refractivity contribution < 1.29 is 9.72 Å². The first-order chi connectivity index (χ1) is 12.8. The number of non-ortho nitro benzene ring substituents is 1. The number of nitrogens with zero attached hydrogens (tertiary/aromatic N) is 1. The Balaban J connectivity index is 1.73. The number of halogens is 1. The van der Waals surface area contributed by atoms with Crippen LogP contribution in [0.1, 0.15) is 50.2 Å². The molecule has 1 fully saturated rings. The second-order valence-corrected chi connectivity index (χ2v) is 8.53. The number of nitro groups is 1. The molecule has 5 nitrogen and oxygen atoms in total. The maximum atomic E-state index is 12.5. The van der Waals surface area contributed by atoms with Gasteiger partial charge in [-0.1, -0.05) is 40.2 Å². The van der Waals surface area contributed by atoms with Crippen LogP contribution in [0.25, 0.3) is 0 Å². The highest BCUT2D eigenvalue weighted by Gasteiger charge is 2.33. The van der Waals surface area contributed by atoms with Gasteiger partial charge in [-0.2, -0.15) is 0 Å². The molecule has 1 aliphatic carbocycles. The summed E-state index contributed by atoms with van der Waals surface area (Å²) in [5, 5.41) is 14.5. The molecule has 0 bridgehead atoms. The fourth-order valence-electron chi connectivity index (χ4n) is 3.77. The molecule has 3 rings (SSSR count). The highest BCUT2D eigenvalue weighted by Crippen LogP contribution is 2.33. The molecule has 0 spiro atoms. The van der Waals surface area contributed by atoms with Gasteiger partial charge in [0, 0.05) is 40.5 Å². The van der Waals surface area contributed by atoms with E-state index in [2.05, 4.69) is 35.1 Å². The quantitative estimate of drug-likeness (QED) is 0.529. The van der Waals surface area contributed by atoms with Crippen LogP contribution in [0.5, 0.6) is 0 Å². The molecule has 0 heterocycles. The van der Waals surface area contributed by atoms with Gasteiger partial charge in [0.05, 0.1) is 4.92 Å². The van der Waals surface area contributed by atoms with Crippen molar-refractivity contribution in [1.82, 2.24) is 5.32 Å². The molecule has 2 aromatic rings. The number of hydrogen-bond donors (Lipinski definition) is 1. The van der Waals surface area contributed by atoms with Gasteiger partial charge in [0.2, 0.25) is 0 Å². The second kappa shape index (κ2) is 7.90. The highest BCUT2D eigenvalue weighted by molar-refractivity contribution is 9.10. The minimum absolute atomic E-state index is 0.0861. The Bertz CT molecular complexity index is 832. The van der Waals surface area contributed by atoms with E-state index >= 15 is 0 Å². The van der Waals surface area contributed by atoms with Crippen molar-refractivity contribution in [3.8, 4) is 0 Å². The number of carbonyl (C=O) groups excluding carboxylic acids is 1. The first-order valence-electron chi connectivity index (χ1n) is 9.07. The molecule has 0 aromatic heterocycles. The molecule has 27 heavy (non-hydrogen) atoms. The summed E-state index contributed by atoms with van der Waals surface area (Å²) < 4.78 is 1.00. The molecule has 0 saturated heterocycles. The first-order valence-corrected chi connectivity index (χ1v) is 9.86. The van der Waals surface area contributed by atoms with Crippen LogP contribution < -0.4 is 5.32 Å².